The highest BCUT2D eigenvalue weighted by atomic mass is 16.5. The zero-order valence-corrected chi connectivity index (χ0v) is 9.83. The van der Waals surface area contributed by atoms with Gasteiger partial charge in [-0.3, -0.25) is 0 Å². The smallest absolute Gasteiger partial charge is 0.119 e. The summed E-state index contributed by atoms with van der Waals surface area (Å²) in [6, 6.07) is 7.32. The average molecular weight is 217 g/mol. The van der Waals surface area contributed by atoms with Crippen molar-refractivity contribution in [2.24, 2.45) is 0 Å². The van der Waals surface area contributed by atoms with Crippen LogP contribution in [0.1, 0.15) is 36.3 Å². The lowest BCUT2D eigenvalue weighted by Gasteiger charge is -2.38. The van der Waals surface area contributed by atoms with Crippen LogP contribution in [-0.2, 0) is 6.42 Å². The Morgan fingerprint density at radius 1 is 1.31 bits per heavy atom. The molecular weight excluding hydrogens is 198 g/mol. The first-order valence-corrected chi connectivity index (χ1v) is 6.28. The van der Waals surface area contributed by atoms with Crippen molar-refractivity contribution in [1.29, 1.82) is 0 Å². The van der Waals surface area contributed by atoms with Gasteiger partial charge in [0.15, 0.2) is 0 Å². The lowest BCUT2D eigenvalue weighted by molar-refractivity contribution is 0.318. The van der Waals surface area contributed by atoms with Crippen LogP contribution >= 0.6 is 0 Å². The van der Waals surface area contributed by atoms with Crippen LogP contribution in [0.4, 0.5) is 0 Å². The molecule has 0 aromatic heterocycles. The highest BCUT2D eigenvalue weighted by molar-refractivity contribution is 5.40. The lowest BCUT2D eigenvalue weighted by atomic mass is 9.75. The number of methoxy groups -OCH3 is 1. The topological polar surface area (TPSA) is 21.3 Å². The number of hydrogen-bond acceptors (Lipinski definition) is 2. The maximum absolute atomic E-state index is 5.30. The third-order valence-electron chi connectivity index (χ3n) is 4.06. The van der Waals surface area contributed by atoms with E-state index in [4.69, 9.17) is 4.74 Å². The Morgan fingerprint density at radius 3 is 3.12 bits per heavy atom. The van der Waals surface area contributed by atoms with Crippen molar-refractivity contribution >= 4 is 0 Å². The van der Waals surface area contributed by atoms with Crippen LogP contribution in [-0.4, -0.2) is 19.7 Å². The van der Waals surface area contributed by atoms with E-state index in [1.54, 1.807) is 12.7 Å². The van der Waals surface area contributed by atoms with Gasteiger partial charge in [0.05, 0.1) is 7.11 Å². The monoisotopic (exact) mass is 217 g/mol. The largest absolute Gasteiger partial charge is 0.497 e. The van der Waals surface area contributed by atoms with Crippen LogP contribution in [0.5, 0.6) is 5.75 Å². The molecule has 16 heavy (non-hydrogen) atoms. The Hall–Kier alpha value is -1.02. The van der Waals surface area contributed by atoms with Crippen LogP contribution in [0.2, 0.25) is 0 Å². The van der Waals surface area contributed by atoms with Crippen molar-refractivity contribution < 1.29 is 4.74 Å². The van der Waals surface area contributed by atoms with Crippen molar-refractivity contribution in [3.05, 3.63) is 29.3 Å². The van der Waals surface area contributed by atoms with E-state index in [2.05, 4.69) is 23.5 Å². The molecule has 2 nitrogen and oxygen atoms in total. The van der Waals surface area contributed by atoms with Gasteiger partial charge in [0.25, 0.3) is 0 Å². The van der Waals surface area contributed by atoms with Gasteiger partial charge in [-0.2, -0.15) is 0 Å². The predicted molar refractivity (Wildman–Crippen MR) is 65.1 cm³/mol. The number of benzene rings is 1. The van der Waals surface area contributed by atoms with E-state index < -0.39 is 0 Å². The molecule has 1 fully saturated rings. The summed E-state index contributed by atoms with van der Waals surface area (Å²) in [5.41, 5.74) is 3.06. The molecule has 2 atom stereocenters. The number of rotatable bonds is 1. The predicted octanol–water partition coefficient (Wildman–Crippen LogP) is 2.48. The highest BCUT2D eigenvalue weighted by Gasteiger charge is 2.31. The number of hydrogen-bond donors (Lipinski definition) is 1. The molecule has 1 aromatic carbocycles. The Morgan fingerprint density at radius 2 is 2.25 bits per heavy atom. The van der Waals surface area contributed by atoms with Crippen molar-refractivity contribution in [3.63, 3.8) is 0 Å². The molecular formula is C14H19NO. The average Bonchev–Trinajstić information content (AvgIpc) is 2.38. The fourth-order valence-corrected chi connectivity index (χ4v) is 3.23. The van der Waals surface area contributed by atoms with Gasteiger partial charge in [-0.15, -0.1) is 0 Å². The Balaban J connectivity index is 1.96. The summed E-state index contributed by atoms with van der Waals surface area (Å²) in [5.74, 6) is 1.74. The molecule has 1 aromatic rings. The maximum atomic E-state index is 5.30. The molecule has 1 aliphatic carbocycles. The molecule has 1 N–H and O–H groups in total. The minimum absolute atomic E-state index is 0.717. The van der Waals surface area contributed by atoms with E-state index in [1.807, 2.05) is 0 Å². The van der Waals surface area contributed by atoms with Crippen LogP contribution in [0.3, 0.4) is 0 Å². The van der Waals surface area contributed by atoms with E-state index in [1.165, 1.54) is 37.8 Å². The summed E-state index contributed by atoms with van der Waals surface area (Å²) in [4.78, 5) is 0. The summed E-state index contributed by atoms with van der Waals surface area (Å²) in [5, 5.41) is 3.66. The molecule has 1 saturated heterocycles. The fraction of sp³-hybridized carbons (Fsp3) is 0.571. The van der Waals surface area contributed by atoms with E-state index in [0.29, 0.717) is 0 Å². The van der Waals surface area contributed by atoms with Gasteiger partial charge in [-0.05, 0) is 61.4 Å². The molecule has 1 heterocycles. The van der Waals surface area contributed by atoms with Crippen molar-refractivity contribution in [2.75, 3.05) is 13.7 Å². The maximum Gasteiger partial charge on any atom is 0.119 e. The van der Waals surface area contributed by atoms with E-state index >= 15 is 0 Å². The summed E-state index contributed by atoms with van der Waals surface area (Å²) in [6.07, 6.45) is 5.13. The van der Waals surface area contributed by atoms with Crippen molar-refractivity contribution in [3.8, 4) is 5.75 Å². The Bertz CT molecular complexity index is 388. The number of aryl methyl sites for hydroxylation is 1. The molecule has 1 aliphatic heterocycles. The number of piperidine rings is 1. The third-order valence-corrected chi connectivity index (χ3v) is 4.06. The van der Waals surface area contributed by atoms with Crippen molar-refractivity contribution in [2.45, 2.75) is 37.6 Å². The molecule has 0 radical (unpaired) electrons. The van der Waals surface area contributed by atoms with Gasteiger partial charge in [0.1, 0.15) is 5.75 Å². The van der Waals surface area contributed by atoms with E-state index in [0.717, 1.165) is 17.7 Å². The van der Waals surface area contributed by atoms with Gasteiger partial charge in [-0.25, -0.2) is 0 Å². The third kappa shape index (κ3) is 1.61. The zero-order valence-electron chi connectivity index (χ0n) is 9.83. The van der Waals surface area contributed by atoms with Crippen LogP contribution in [0, 0.1) is 0 Å². The molecule has 2 aliphatic rings. The van der Waals surface area contributed by atoms with Crippen molar-refractivity contribution in [1.82, 2.24) is 5.32 Å². The molecule has 0 spiro atoms. The summed E-state index contributed by atoms with van der Waals surface area (Å²) >= 11 is 0. The van der Waals surface area contributed by atoms with Gasteiger partial charge in [-0.1, -0.05) is 6.07 Å². The minimum Gasteiger partial charge on any atom is -0.497 e. The van der Waals surface area contributed by atoms with Gasteiger partial charge in [0, 0.05) is 6.04 Å². The van der Waals surface area contributed by atoms with Gasteiger partial charge >= 0.3 is 0 Å². The Kier molecular flexibility index (Phi) is 2.60. The summed E-state index contributed by atoms with van der Waals surface area (Å²) in [7, 11) is 1.75. The van der Waals surface area contributed by atoms with Crippen LogP contribution in [0.15, 0.2) is 18.2 Å². The fourth-order valence-electron chi connectivity index (χ4n) is 3.23. The van der Waals surface area contributed by atoms with E-state index in [9.17, 15) is 0 Å². The molecule has 2 heteroatoms. The molecule has 1 unspecified atom stereocenters. The SMILES string of the molecule is COc1ccc2c(c1)CC[C@@H]1NCCCC21. The number of nitrogens with one attached hydrogen (secondary N) is 1. The molecule has 0 amide bonds. The van der Waals surface area contributed by atoms with Crippen LogP contribution in [0.25, 0.3) is 0 Å². The second-order valence-corrected chi connectivity index (χ2v) is 4.91. The first kappa shape index (κ1) is 10.2. The molecule has 3 rings (SSSR count). The quantitative estimate of drug-likeness (QED) is 0.780. The van der Waals surface area contributed by atoms with Crippen LogP contribution < -0.4 is 10.1 Å². The molecule has 0 bridgehead atoms. The Labute approximate surface area is 97.0 Å². The summed E-state index contributed by atoms with van der Waals surface area (Å²) < 4.78 is 5.30. The van der Waals surface area contributed by atoms with Gasteiger partial charge in [0.2, 0.25) is 0 Å². The number of ether oxygens (including phenoxy) is 1. The normalized spacial score (nSPS) is 28.1. The van der Waals surface area contributed by atoms with E-state index in [-0.39, 0.29) is 0 Å². The minimum atomic E-state index is 0.717. The highest BCUT2D eigenvalue weighted by Crippen LogP contribution is 2.38. The van der Waals surface area contributed by atoms with Gasteiger partial charge < -0.3 is 10.1 Å². The second kappa shape index (κ2) is 4.10. The number of fused-ring (bicyclic) bond motifs is 3. The first-order valence-electron chi connectivity index (χ1n) is 6.28. The summed E-state index contributed by atoms with van der Waals surface area (Å²) in [6.45, 7) is 1.20. The zero-order chi connectivity index (χ0) is 11.0. The molecule has 86 valence electrons. The molecule has 0 saturated carbocycles. The second-order valence-electron chi connectivity index (χ2n) is 4.91. The lowest BCUT2D eigenvalue weighted by Crippen LogP contribution is -2.42. The standard InChI is InChI=1S/C14H19NO/c1-16-11-5-6-12-10(9-11)4-7-14-13(12)3-2-8-15-14/h5-6,9,13-15H,2-4,7-8H2,1H3/t13?,14-/m0/s1. The first-order chi connectivity index (χ1) is 7.88.